The molecule has 5 nitrogen and oxygen atoms in total. The lowest BCUT2D eigenvalue weighted by atomic mass is 9.93. The van der Waals surface area contributed by atoms with Crippen LogP contribution in [0.4, 0.5) is 0 Å². The second kappa shape index (κ2) is 8.71. The van der Waals surface area contributed by atoms with Gasteiger partial charge in [0.25, 0.3) is 0 Å². The molecule has 0 aliphatic heterocycles. The van der Waals surface area contributed by atoms with Crippen LogP contribution in [0.3, 0.4) is 0 Å². The number of rotatable bonds is 9. The van der Waals surface area contributed by atoms with Gasteiger partial charge < -0.3 is 14.2 Å². The Morgan fingerprint density at radius 1 is 1.10 bits per heavy atom. The van der Waals surface area contributed by atoms with Crippen LogP contribution in [-0.4, -0.2) is 49.6 Å². The number of hydrogen-bond donors (Lipinski definition) is 1. The summed E-state index contributed by atoms with van der Waals surface area (Å²) < 4.78 is 16.3. The predicted molar refractivity (Wildman–Crippen MR) is 84.4 cm³/mol. The Bertz CT molecular complexity index is 312. The molecule has 0 aromatic heterocycles. The van der Waals surface area contributed by atoms with Crippen LogP contribution < -0.4 is 5.32 Å². The topological polar surface area (TPSA) is 56.8 Å². The molecule has 0 amide bonds. The second-order valence-corrected chi connectivity index (χ2v) is 6.97. The highest BCUT2D eigenvalue weighted by molar-refractivity contribution is 5.80. The van der Waals surface area contributed by atoms with E-state index in [1.165, 1.54) is 7.11 Å². The molecule has 0 radical (unpaired) electrons. The molecule has 126 valence electrons. The fourth-order valence-electron chi connectivity index (χ4n) is 2.29. The van der Waals surface area contributed by atoms with Crippen molar-refractivity contribution in [3.63, 3.8) is 0 Å². The molecule has 0 rings (SSSR count). The van der Waals surface area contributed by atoms with Crippen molar-refractivity contribution in [2.24, 2.45) is 0 Å². The molecule has 0 spiro atoms. The molecule has 0 aromatic rings. The van der Waals surface area contributed by atoms with Crippen LogP contribution >= 0.6 is 0 Å². The largest absolute Gasteiger partial charge is 0.468 e. The van der Waals surface area contributed by atoms with Crippen LogP contribution in [0.5, 0.6) is 0 Å². The predicted octanol–water partition coefficient (Wildman–Crippen LogP) is 2.53. The van der Waals surface area contributed by atoms with E-state index in [1.54, 1.807) is 0 Å². The third kappa shape index (κ3) is 9.06. The van der Waals surface area contributed by atoms with E-state index < -0.39 is 5.54 Å². The normalized spacial score (nSPS) is 16.6. The van der Waals surface area contributed by atoms with Crippen molar-refractivity contribution < 1.29 is 19.0 Å². The maximum Gasteiger partial charge on any atom is 0.325 e. The number of carbonyl (C=O) groups is 1. The van der Waals surface area contributed by atoms with Gasteiger partial charge >= 0.3 is 5.97 Å². The van der Waals surface area contributed by atoms with Crippen molar-refractivity contribution in [2.75, 3.05) is 20.3 Å². The van der Waals surface area contributed by atoms with Crippen molar-refractivity contribution in [3.05, 3.63) is 0 Å². The first-order valence-electron chi connectivity index (χ1n) is 7.62. The fourth-order valence-corrected chi connectivity index (χ4v) is 2.29. The highest BCUT2D eigenvalue weighted by atomic mass is 16.5. The molecular formula is C16H33NO4. The summed E-state index contributed by atoms with van der Waals surface area (Å²) in [5, 5.41) is 3.27. The highest BCUT2D eigenvalue weighted by Crippen LogP contribution is 2.18. The second-order valence-electron chi connectivity index (χ2n) is 6.97. The molecule has 21 heavy (non-hydrogen) atoms. The first kappa shape index (κ1) is 20.3. The molecule has 5 heteroatoms. The third-order valence-corrected chi connectivity index (χ3v) is 2.96. The van der Waals surface area contributed by atoms with Gasteiger partial charge in [-0.2, -0.15) is 0 Å². The van der Waals surface area contributed by atoms with E-state index >= 15 is 0 Å². The van der Waals surface area contributed by atoms with Gasteiger partial charge in [-0.3, -0.25) is 10.1 Å². The van der Waals surface area contributed by atoms with Crippen LogP contribution in [0.1, 0.15) is 54.9 Å². The van der Waals surface area contributed by atoms with Gasteiger partial charge in [-0.15, -0.1) is 0 Å². The van der Waals surface area contributed by atoms with Gasteiger partial charge in [0.15, 0.2) is 0 Å². The van der Waals surface area contributed by atoms with Gasteiger partial charge in [0, 0.05) is 12.5 Å². The monoisotopic (exact) mass is 303 g/mol. The summed E-state index contributed by atoms with van der Waals surface area (Å²) in [5.74, 6) is -0.266. The molecule has 1 N–H and O–H groups in total. The maximum atomic E-state index is 12.0. The van der Waals surface area contributed by atoms with Gasteiger partial charge in [0.2, 0.25) is 0 Å². The van der Waals surface area contributed by atoms with Crippen LogP contribution in [0, 0.1) is 0 Å². The smallest absolute Gasteiger partial charge is 0.325 e. The zero-order valence-electron chi connectivity index (χ0n) is 14.9. The Kier molecular flexibility index (Phi) is 8.44. The molecule has 2 unspecified atom stereocenters. The summed E-state index contributed by atoms with van der Waals surface area (Å²) in [5.41, 5.74) is -0.903. The SMILES string of the molecule is COC(=O)C(C)(CC(C)OCCOC(C)(C)C)NC(C)C. The van der Waals surface area contributed by atoms with E-state index in [1.807, 2.05) is 48.5 Å². The van der Waals surface area contributed by atoms with E-state index in [4.69, 9.17) is 14.2 Å². The van der Waals surface area contributed by atoms with Crippen molar-refractivity contribution in [2.45, 2.75) is 78.2 Å². The van der Waals surface area contributed by atoms with Gasteiger partial charge in [-0.25, -0.2) is 0 Å². The van der Waals surface area contributed by atoms with Crippen LogP contribution in [0.25, 0.3) is 0 Å². The van der Waals surface area contributed by atoms with E-state index in [0.29, 0.717) is 19.6 Å². The number of methoxy groups -OCH3 is 1. The average Bonchev–Trinajstić information content (AvgIpc) is 2.31. The number of esters is 1. The molecule has 0 heterocycles. The van der Waals surface area contributed by atoms with Gasteiger partial charge in [-0.1, -0.05) is 0 Å². The molecule has 0 aliphatic carbocycles. The molecule has 0 saturated carbocycles. The van der Waals surface area contributed by atoms with E-state index in [0.717, 1.165) is 0 Å². The quantitative estimate of drug-likeness (QED) is 0.524. The lowest BCUT2D eigenvalue weighted by Gasteiger charge is -2.32. The number of ether oxygens (including phenoxy) is 3. The van der Waals surface area contributed by atoms with Crippen molar-refractivity contribution in [3.8, 4) is 0 Å². The molecule has 0 aromatic carbocycles. The summed E-state index contributed by atoms with van der Waals surface area (Å²) in [7, 11) is 1.41. The summed E-state index contributed by atoms with van der Waals surface area (Å²) >= 11 is 0. The Balaban J connectivity index is 4.35. The molecule has 2 atom stereocenters. The van der Waals surface area contributed by atoms with Gasteiger partial charge in [0.1, 0.15) is 5.54 Å². The standard InChI is InChI=1S/C16H33NO4/c1-12(2)17-16(7,14(18)19-8)11-13(3)20-9-10-21-15(4,5)6/h12-13,17H,9-11H2,1-8H3. The number of nitrogens with one attached hydrogen (secondary N) is 1. The summed E-state index contributed by atoms with van der Waals surface area (Å²) in [4.78, 5) is 12.0. The van der Waals surface area contributed by atoms with Crippen molar-refractivity contribution in [1.82, 2.24) is 5.32 Å². The molecule has 0 fully saturated rings. The van der Waals surface area contributed by atoms with Gasteiger partial charge in [-0.05, 0) is 48.5 Å². The third-order valence-electron chi connectivity index (χ3n) is 2.96. The zero-order chi connectivity index (χ0) is 16.7. The summed E-state index contributed by atoms with van der Waals surface area (Å²) in [6.45, 7) is 14.9. The minimum absolute atomic E-state index is 0.0658. The van der Waals surface area contributed by atoms with Crippen LogP contribution in [-0.2, 0) is 19.0 Å². The molecular weight excluding hydrogens is 270 g/mol. The van der Waals surface area contributed by atoms with E-state index in [2.05, 4.69) is 5.32 Å². The van der Waals surface area contributed by atoms with Crippen molar-refractivity contribution in [1.29, 1.82) is 0 Å². The fraction of sp³-hybridized carbons (Fsp3) is 0.938. The Morgan fingerprint density at radius 2 is 1.67 bits per heavy atom. The minimum atomic E-state index is -0.743. The maximum absolute atomic E-state index is 12.0. The molecule has 0 saturated heterocycles. The highest BCUT2D eigenvalue weighted by Gasteiger charge is 2.36. The molecule has 0 bridgehead atoms. The number of carbonyl (C=O) groups excluding carboxylic acids is 1. The zero-order valence-corrected chi connectivity index (χ0v) is 14.9. The Hall–Kier alpha value is -0.650. The van der Waals surface area contributed by atoms with Crippen LogP contribution in [0.2, 0.25) is 0 Å². The first-order chi connectivity index (χ1) is 9.50. The molecule has 0 aliphatic rings. The summed E-state index contributed by atoms with van der Waals surface area (Å²) in [6.07, 6.45) is 0.483. The number of hydrogen-bond acceptors (Lipinski definition) is 5. The van der Waals surface area contributed by atoms with E-state index in [9.17, 15) is 4.79 Å². The van der Waals surface area contributed by atoms with E-state index in [-0.39, 0.29) is 23.7 Å². The Morgan fingerprint density at radius 3 is 2.10 bits per heavy atom. The average molecular weight is 303 g/mol. The first-order valence-corrected chi connectivity index (χ1v) is 7.62. The van der Waals surface area contributed by atoms with Crippen LogP contribution in [0.15, 0.2) is 0 Å². The minimum Gasteiger partial charge on any atom is -0.468 e. The van der Waals surface area contributed by atoms with Gasteiger partial charge in [0.05, 0.1) is 32.0 Å². The van der Waals surface area contributed by atoms with Crippen molar-refractivity contribution >= 4 is 5.97 Å². The summed E-state index contributed by atoms with van der Waals surface area (Å²) in [6, 6.07) is 0.186. The lowest BCUT2D eigenvalue weighted by molar-refractivity contribution is -0.150. The Labute approximate surface area is 129 Å². The lowest BCUT2D eigenvalue weighted by Crippen LogP contribution is -2.54.